The molecule has 1 amide bonds. The molecule has 0 aliphatic heterocycles. The first-order valence-corrected chi connectivity index (χ1v) is 11.4. The Balaban J connectivity index is 1.64. The number of amides is 1. The highest BCUT2D eigenvalue weighted by molar-refractivity contribution is 8.00. The molecule has 3 aromatic rings. The molecule has 0 unspecified atom stereocenters. The van der Waals surface area contributed by atoms with Crippen LogP contribution in [0.15, 0.2) is 47.5 Å². The molecule has 32 heavy (non-hydrogen) atoms. The molecule has 2 aromatic carbocycles. The quantitative estimate of drug-likeness (QED) is 0.454. The van der Waals surface area contributed by atoms with Gasteiger partial charge in [0.15, 0.2) is 0 Å². The molecule has 1 aliphatic carbocycles. The molecule has 0 saturated heterocycles. The summed E-state index contributed by atoms with van der Waals surface area (Å²) in [5.41, 5.74) is 4.04. The summed E-state index contributed by atoms with van der Waals surface area (Å²) in [5.74, 6) is -2.12. The van der Waals surface area contributed by atoms with Crippen LogP contribution in [-0.2, 0) is 17.6 Å². The summed E-state index contributed by atoms with van der Waals surface area (Å²) in [4.78, 5) is 17.1. The van der Waals surface area contributed by atoms with Crippen molar-refractivity contribution in [3.8, 4) is 17.2 Å². The van der Waals surface area contributed by atoms with Gasteiger partial charge in [-0.3, -0.25) is 4.79 Å². The second-order valence-electron chi connectivity index (χ2n) is 7.38. The lowest BCUT2D eigenvalue weighted by atomic mass is 9.87. The number of carbonyl (C=O) groups is 1. The summed E-state index contributed by atoms with van der Waals surface area (Å²) in [5, 5.41) is 13.5. The number of anilines is 1. The molecule has 1 heterocycles. The number of fused-ring (bicyclic) bond motifs is 1. The van der Waals surface area contributed by atoms with Crippen LogP contribution in [0.2, 0.25) is 5.02 Å². The average Bonchev–Trinajstić information content (AvgIpc) is 2.79. The summed E-state index contributed by atoms with van der Waals surface area (Å²) < 4.78 is 26.9. The number of nitrogens with zero attached hydrogens (tertiary/aromatic N) is 2. The van der Waals surface area contributed by atoms with Crippen molar-refractivity contribution < 1.29 is 13.6 Å². The lowest BCUT2D eigenvalue weighted by molar-refractivity contribution is -0.113. The normalized spacial score (nSPS) is 12.7. The molecule has 0 fully saturated rings. The van der Waals surface area contributed by atoms with Gasteiger partial charge >= 0.3 is 0 Å². The maximum absolute atomic E-state index is 13.8. The Bertz CT molecular complexity index is 1230. The highest BCUT2D eigenvalue weighted by atomic mass is 35.5. The summed E-state index contributed by atoms with van der Waals surface area (Å²) >= 11 is 7.17. The van der Waals surface area contributed by atoms with Gasteiger partial charge in [0.25, 0.3) is 0 Å². The first-order valence-electron chi connectivity index (χ1n) is 10.1. The minimum atomic E-state index is -0.849. The number of aromatic nitrogens is 1. The third-order valence-corrected chi connectivity index (χ3v) is 6.46. The van der Waals surface area contributed by atoms with E-state index in [9.17, 15) is 18.8 Å². The van der Waals surface area contributed by atoms with Crippen LogP contribution in [0.25, 0.3) is 11.1 Å². The summed E-state index contributed by atoms with van der Waals surface area (Å²) in [7, 11) is 0. The Morgan fingerprint density at radius 2 is 1.91 bits per heavy atom. The monoisotopic (exact) mass is 469 g/mol. The number of hydrogen-bond acceptors (Lipinski definition) is 4. The van der Waals surface area contributed by atoms with Gasteiger partial charge < -0.3 is 5.32 Å². The van der Waals surface area contributed by atoms with Crippen LogP contribution in [0.4, 0.5) is 14.5 Å². The Morgan fingerprint density at radius 3 is 2.62 bits per heavy atom. The fourth-order valence-electron chi connectivity index (χ4n) is 3.77. The van der Waals surface area contributed by atoms with Gasteiger partial charge in [0.2, 0.25) is 5.91 Å². The Morgan fingerprint density at radius 1 is 1.16 bits per heavy atom. The highest BCUT2D eigenvalue weighted by Gasteiger charge is 2.23. The number of nitriles is 1. The number of halogens is 3. The Hall–Kier alpha value is -2.95. The summed E-state index contributed by atoms with van der Waals surface area (Å²) in [6.07, 6.45) is 3.69. The number of rotatable bonds is 5. The van der Waals surface area contributed by atoms with E-state index in [2.05, 4.69) is 11.4 Å². The van der Waals surface area contributed by atoms with Crippen LogP contribution in [0.1, 0.15) is 29.7 Å². The minimum Gasteiger partial charge on any atom is -0.323 e. The molecule has 0 bridgehead atoms. The van der Waals surface area contributed by atoms with Crippen molar-refractivity contribution in [2.45, 2.75) is 30.7 Å². The third-order valence-electron chi connectivity index (χ3n) is 5.23. The highest BCUT2D eigenvalue weighted by Crippen LogP contribution is 2.38. The van der Waals surface area contributed by atoms with Gasteiger partial charge in [0.05, 0.1) is 17.0 Å². The van der Waals surface area contributed by atoms with Crippen molar-refractivity contribution in [3.63, 3.8) is 0 Å². The zero-order valence-corrected chi connectivity index (χ0v) is 18.5. The number of hydrogen-bond donors (Lipinski definition) is 1. The van der Waals surface area contributed by atoms with Crippen molar-refractivity contribution in [1.82, 2.24) is 4.98 Å². The van der Waals surface area contributed by atoms with Gasteiger partial charge in [-0.25, -0.2) is 13.8 Å². The molecule has 1 aromatic heterocycles. The van der Waals surface area contributed by atoms with Crippen LogP contribution >= 0.6 is 23.4 Å². The molecular formula is C24H18ClF2N3OS. The summed E-state index contributed by atoms with van der Waals surface area (Å²) in [6, 6.07) is 12.5. The second kappa shape index (κ2) is 9.68. The number of aryl methyl sites for hydroxylation is 1. The Labute approximate surface area is 193 Å². The molecule has 0 saturated carbocycles. The smallest absolute Gasteiger partial charge is 0.234 e. The molecule has 4 rings (SSSR count). The van der Waals surface area contributed by atoms with Crippen molar-refractivity contribution in [2.24, 2.45) is 0 Å². The SMILES string of the molecule is N#Cc1c(SCC(=O)Nc2ccc(F)cc2F)nc2c(c1-c1ccc(Cl)cc1)CCCC2. The lowest BCUT2D eigenvalue weighted by Gasteiger charge is -2.22. The van der Waals surface area contributed by atoms with E-state index in [0.29, 0.717) is 21.7 Å². The van der Waals surface area contributed by atoms with Crippen LogP contribution in [-0.4, -0.2) is 16.6 Å². The van der Waals surface area contributed by atoms with Gasteiger partial charge in [-0.2, -0.15) is 5.26 Å². The predicted molar refractivity (Wildman–Crippen MR) is 122 cm³/mol. The van der Waals surface area contributed by atoms with Crippen LogP contribution in [0.5, 0.6) is 0 Å². The van der Waals surface area contributed by atoms with Crippen LogP contribution < -0.4 is 5.32 Å². The van der Waals surface area contributed by atoms with E-state index in [1.54, 1.807) is 12.1 Å². The van der Waals surface area contributed by atoms with E-state index in [1.807, 2.05) is 12.1 Å². The molecule has 1 N–H and O–H groups in total. The molecule has 162 valence electrons. The largest absolute Gasteiger partial charge is 0.323 e. The molecule has 0 spiro atoms. The molecule has 0 atom stereocenters. The van der Waals surface area contributed by atoms with E-state index in [1.165, 1.54) is 6.07 Å². The van der Waals surface area contributed by atoms with Crippen LogP contribution in [0.3, 0.4) is 0 Å². The predicted octanol–water partition coefficient (Wildman–Crippen LogP) is 6.16. The second-order valence-corrected chi connectivity index (χ2v) is 8.78. The van der Waals surface area contributed by atoms with Gasteiger partial charge in [0, 0.05) is 22.3 Å². The lowest BCUT2D eigenvalue weighted by Crippen LogP contribution is -2.16. The molecule has 4 nitrogen and oxygen atoms in total. The maximum atomic E-state index is 13.8. The Kier molecular flexibility index (Phi) is 6.73. The fraction of sp³-hybridized carbons (Fsp3) is 0.208. The molecule has 0 radical (unpaired) electrons. The van der Waals surface area contributed by atoms with Crippen molar-refractivity contribution in [3.05, 3.63) is 75.9 Å². The first-order chi connectivity index (χ1) is 15.5. The number of carbonyl (C=O) groups excluding carboxylic acids is 1. The van der Waals surface area contributed by atoms with Gasteiger partial charge in [-0.15, -0.1) is 0 Å². The summed E-state index contributed by atoms with van der Waals surface area (Å²) in [6.45, 7) is 0. The molecular weight excluding hydrogens is 452 g/mol. The fourth-order valence-corrected chi connectivity index (χ4v) is 4.71. The van der Waals surface area contributed by atoms with Crippen molar-refractivity contribution >= 4 is 35.0 Å². The topological polar surface area (TPSA) is 65.8 Å². The molecule has 1 aliphatic rings. The minimum absolute atomic E-state index is 0.0721. The number of nitrogens with one attached hydrogen (secondary N) is 1. The van der Waals surface area contributed by atoms with E-state index in [0.717, 1.165) is 65.9 Å². The average molecular weight is 470 g/mol. The third kappa shape index (κ3) is 4.77. The number of pyridine rings is 1. The standard InChI is InChI=1S/C24H18ClF2N3OS/c25-15-7-5-14(6-8-15)23-17-3-1-2-4-20(17)30-24(18(23)12-28)32-13-22(31)29-21-10-9-16(26)11-19(21)27/h5-11H,1-4,13H2,(H,29,31). The zero-order chi connectivity index (χ0) is 22.7. The number of thioether (sulfide) groups is 1. The van der Waals surface area contributed by atoms with Crippen molar-refractivity contribution in [1.29, 1.82) is 5.26 Å². The molecule has 8 heteroatoms. The van der Waals surface area contributed by atoms with Crippen LogP contribution in [0, 0.1) is 23.0 Å². The van der Waals surface area contributed by atoms with E-state index in [4.69, 9.17) is 16.6 Å². The van der Waals surface area contributed by atoms with E-state index >= 15 is 0 Å². The van der Waals surface area contributed by atoms with E-state index in [-0.39, 0.29) is 11.4 Å². The van der Waals surface area contributed by atoms with Gasteiger partial charge in [0.1, 0.15) is 22.7 Å². The van der Waals surface area contributed by atoms with E-state index < -0.39 is 17.5 Å². The van der Waals surface area contributed by atoms with Gasteiger partial charge in [-0.1, -0.05) is 35.5 Å². The number of benzene rings is 2. The first kappa shape index (κ1) is 22.3. The van der Waals surface area contributed by atoms with Crippen molar-refractivity contribution in [2.75, 3.05) is 11.1 Å². The zero-order valence-electron chi connectivity index (χ0n) is 16.9. The maximum Gasteiger partial charge on any atom is 0.234 e. The van der Waals surface area contributed by atoms with Gasteiger partial charge in [-0.05, 0) is 61.1 Å².